The number of allylic oxidation sites excluding steroid dienone is 2. The minimum Gasteiger partial charge on any atom is -0.664 e. The van der Waals surface area contributed by atoms with Crippen molar-refractivity contribution in [2.75, 3.05) is 7.11 Å². The molecule has 1 aliphatic carbocycles. The molecule has 1 fully saturated rings. The monoisotopic (exact) mass is 558 g/mol. The molecule has 206 valence electrons. The number of Topliss-reactive ketones (excluding diaryl/α,β-unsaturated/α-hetero) is 1. The zero-order valence-electron chi connectivity index (χ0n) is 24.4. The fraction of sp³-hybridized carbons (Fsp3) is 0.344. The van der Waals surface area contributed by atoms with Crippen LogP contribution in [0.5, 0.6) is 0 Å². The Bertz CT molecular complexity index is 1830. The van der Waals surface area contributed by atoms with Gasteiger partial charge in [-0.15, -0.1) is 33.5 Å². The van der Waals surface area contributed by atoms with E-state index < -0.39 is 11.9 Å². The van der Waals surface area contributed by atoms with Crippen LogP contribution in [0.2, 0.25) is 0 Å². The number of carbonyl (C=O) groups is 3. The summed E-state index contributed by atoms with van der Waals surface area (Å²) in [6.07, 6.45) is 7.27. The third-order valence-electron chi connectivity index (χ3n) is 8.89. The number of ketones is 1. The van der Waals surface area contributed by atoms with E-state index in [0.29, 0.717) is 50.7 Å². The Morgan fingerprint density at radius 1 is 0.927 bits per heavy atom. The maximum absolute atomic E-state index is 13.8. The smallest absolute Gasteiger partial charge is 0.664 e. The molecule has 1 saturated heterocycles. The first-order valence-corrected chi connectivity index (χ1v) is 13.6. The van der Waals surface area contributed by atoms with E-state index >= 15 is 0 Å². The zero-order chi connectivity index (χ0) is 28.6. The largest absolute Gasteiger partial charge is 2.00 e. The van der Waals surface area contributed by atoms with Gasteiger partial charge in [-0.3, -0.25) is 14.4 Å². The van der Waals surface area contributed by atoms with Gasteiger partial charge in [0.1, 0.15) is 12.2 Å². The topological polar surface area (TPSA) is 117 Å². The Labute approximate surface area is 254 Å². The maximum Gasteiger partial charge on any atom is 2.00 e. The minimum absolute atomic E-state index is 0. The fourth-order valence-corrected chi connectivity index (χ4v) is 6.27. The van der Waals surface area contributed by atoms with Gasteiger partial charge in [-0.25, -0.2) is 0 Å². The molecule has 3 aromatic rings. The Balaban J connectivity index is 0.00000337. The second-order valence-electron chi connectivity index (χ2n) is 10.9. The van der Waals surface area contributed by atoms with Crippen molar-refractivity contribution in [1.82, 2.24) is 15.0 Å². The average Bonchev–Trinajstić information content (AvgIpc) is 3.66. The molecular formula is C32H30MgN4O4-2. The van der Waals surface area contributed by atoms with E-state index in [-0.39, 0.29) is 40.7 Å². The van der Waals surface area contributed by atoms with Crippen LogP contribution in [0.15, 0.2) is 11.4 Å². The first-order valence-electron chi connectivity index (χ1n) is 13.6. The van der Waals surface area contributed by atoms with Gasteiger partial charge in [0, 0.05) is 11.1 Å². The Morgan fingerprint density at radius 3 is 2.27 bits per heavy atom. The molecule has 41 heavy (non-hydrogen) atoms. The summed E-state index contributed by atoms with van der Waals surface area (Å²) in [5.41, 5.74) is 8.82. The summed E-state index contributed by atoms with van der Waals surface area (Å²) in [5.74, 6) is -2.15. The number of aromatic nitrogens is 3. The van der Waals surface area contributed by atoms with Gasteiger partial charge in [-0.2, -0.15) is 11.4 Å². The van der Waals surface area contributed by atoms with Crippen molar-refractivity contribution in [3.63, 3.8) is 0 Å². The molecule has 2 aliphatic heterocycles. The summed E-state index contributed by atoms with van der Waals surface area (Å²) in [7, 11) is 1.29. The first kappa shape index (κ1) is 28.9. The van der Waals surface area contributed by atoms with Crippen molar-refractivity contribution in [3.8, 4) is 0 Å². The number of hydrogen-bond acceptors (Lipinski definition) is 4. The molecule has 9 heteroatoms. The molecule has 0 amide bonds. The number of ether oxygens (including phenoxy) is 1. The van der Waals surface area contributed by atoms with Gasteiger partial charge in [0.25, 0.3) is 0 Å². The van der Waals surface area contributed by atoms with E-state index in [0.717, 1.165) is 45.8 Å². The molecule has 0 radical (unpaired) electrons. The first-order chi connectivity index (χ1) is 19.1. The van der Waals surface area contributed by atoms with Crippen LogP contribution < -0.4 is 25.7 Å². The second kappa shape index (κ2) is 10.4. The normalized spacial score (nSPS) is 25.3. The Morgan fingerprint density at radius 2 is 1.61 bits per heavy atom. The minimum atomic E-state index is -1.11. The molecular weight excluding hydrogens is 529 g/mol. The van der Waals surface area contributed by atoms with Crippen molar-refractivity contribution in [3.05, 3.63) is 83.6 Å². The number of aldehydes is 1. The van der Waals surface area contributed by atoms with Crippen LogP contribution in [-0.4, -0.2) is 48.2 Å². The van der Waals surface area contributed by atoms with E-state index in [1.807, 2.05) is 45.9 Å². The zero-order valence-corrected chi connectivity index (χ0v) is 25.8. The molecule has 0 N–H and O–H groups in total. The predicted octanol–water partition coefficient (Wildman–Crippen LogP) is 2.85. The number of nitrogens with zero attached hydrogens (tertiary/aromatic N) is 4. The third-order valence-corrected chi connectivity index (χ3v) is 8.89. The van der Waals surface area contributed by atoms with Crippen LogP contribution >= 0.6 is 0 Å². The molecule has 5 heterocycles. The molecule has 3 aromatic heterocycles. The molecule has 8 bridgehead atoms. The summed E-state index contributed by atoms with van der Waals surface area (Å²) in [6, 6.07) is 0. The summed E-state index contributed by atoms with van der Waals surface area (Å²) >= 11 is 0. The number of fused-ring (bicyclic) bond motifs is 7. The van der Waals surface area contributed by atoms with Gasteiger partial charge in [0.2, 0.25) is 0 Å². The molecule has 0 aromatic carbocycles. The van der Waals surface area contributed by atoms with Gasteiger partial charge in [-0.05, 0) is 39.0 Å². The number of hydrogen-bond donors (Lipinski definition) is 0. The quantitative estimate of drug-likeness (QED) is 0.210. The number of rotatable bonds is 3. The fourth-order valence-electron chi connectivity index (χ4n) is 6.27. The van der Waals surface area contributed by atoms with Crippen LogP contribution in [0, 0.1) is 38.5 Å². The summed E-state index contributed by atoms with van der Waals surface area (Å²) in [5, 5.41) is 6.49. The van der Waals surface area contributed by atoms with E-state index in [1.54, 1.807) is 0 Å². The summed E-state index contributed by atoms with van der Waals surface area (Å²) < 4.78 is 5.09. The summed E-state index contributed by atoms with van der Waals surface area (Å²) in [4.78, 5) is 53.6. The van der Waals surface area contributed by atoms with Crippen molar-refractivity contribution >= 4 is 64.9 Å². The van der Waals surface area contributed by atoms with Gasteiger partial charge >= 0.3 is 29.0 Å². The van der Waals surface area contributed by atoms with Crippen LogP contribution in [0.4, 0.5) is 0 Å². The standard InChI is InChI=1S/C32H32N4O4.Mg/c1-8-18-15(4)22-10-25-19(12-37)16(5)21(34-25)9-20-13(2)14(3)29(35-20)27-28(32(39)40-7)31(38)26-17(6)23(36-30(26)27)11-24(18)33-22;/h9-14,28H,8H2,1-7H3,(H2-2,33,34,35,36,37,38);/q-2;+2/p-2/b20-9-;/t13-,14-,28+;/m0./s1. The third kappa shape index (κ3) is 4.12. The van der Waals surface area contributed by atoms with Gasteiger partial charge < -0.3 is 25.0 Å². The number of carbonyl (C=O) groups excluding carboxylic acids is 3. The van der Waals surface area contributed by atoms with Crippen LogP contribution in [-0.2, 0) is 16.0 Å². The molecule has 0 spiro atoms. The molecule has 0 saturated carbocycles. The van der Waals surface area contributed by atoms with Crippen molar-refractivity contribution in [1.29, 1.82) is 0 Å². The number of esters is 1. The van der Waals surface area contributed by atoms with E-state index in [9.17, 15) is 14.4 Å². The molecule has 6 rings (SSSR count). The average molecular weight is 559 g/mol. The molecule has 0 unspecified atom stereocenters. The predicted molar refractivity (Wildman–Crippen MR) is 157 cm³/mol. The van der Waals surface area contributed by atoms with Crippen LogP contribution in [0.3, 0.4) is 0 Å². The van der Waals surface area contributed by atoms with Crippen LogP contribution in [0.25, 0.3) is 29.1 Å². The van der Waals surface area contributed by atoms with Crippen molar-refractivity contribution in [2.45, 2.75) is 48.0 Å². The van der Waals surface area contributed by atoms with E-state index in [2.05, 4.69) is 13.8 Å². The molecule has 8 nitrogen and oxygen atoms in total. The number of methoxy groups -OCH3 is 1. The van der Waals surface area contributed by atoms with E-state index in [1.165, 1.54) is 7.11 Å². The second-order valence-corrected chi connectivity index (χ2v) is 10.9. The van der Waals surface area contributed by atoms with Gasteiger partial charge in [-0.1, -0.05) is 66.8 Å². The molecule has 3 aliphatic rings. The Hall–Kier alpha value is -3.56. The van der Waals surface area contributed by atoms with Crippen molar-refractivity contribution in [2.24, 2.45) is 17.8 Å². The van der Waals surface area contributed by atoms with Gasteiger partial charge in [0.05, 0.1) is 7.11 Å². The Kier molecular flexibility index (Phi) is 7.32. The maximum atomic E-state index is 13.8. The molecule has 3 atom stereocenters. The SMILES string of the molecule is CCc1c(C)/c2[n-]/c1=C\c1[n-]c3c(c1C)C(=O)[C@H](C(=O)OC)/C3=C1/[N-]/C(=C\c3[n-]c(c(C=O)c3C)\C=2)[C@@H](C)[C@@H]1C.[Mg+2]. The van der Waals surface area contributed by atoms with E-state index in [4.69, 9.17) is 25.0 Å². The van der Waals surface area contributed by atoms with Crippen molar-refractivity contribution < 1.29 is 19.1 Å². The van der Waals surface area contributed by atoms with Gasteiger partial charge in [0.15, 0.2) is 5.78 Å². The summed E-state index contributed by atoms with van der Waals surface area (Å²) in [6.45, 7) is 11.9. The van der Waals surface area contributed by atoms with Crippen LogP contribution in [0.1, 0.15) is 86.5 Å².